The molecule has 2 aliphatic heterocycles. The highest BCUT2D eigenvalue weighted by Crippen LogP contribution is 2.39. The van der Waals surface area contributed by atoms with Crippen LogP contribution in [0.15, 0.2) is 65.7 Å². The SMILES string of the molecule is COc1cccc(C(=O)N2CCN(C3=Nc4ccc(C)cc4Oc4ccc(C)cc43)CC2)c1. The third-order valence-corrected chi connectivity index (χ3v) is 6.12. The molecule has 3 aromatic rings. The molecule has 168 valence electrons. The molecule has 0 radical (unpaired) electrons. The molecule has 0 unspecified atom stereocenters. The van der Waals surface area contributed by atoms with Crippen molar-refractivity contribution in [2.45, 2.75) is 13.8 Å². The number of fused-ring (bicyclic) bond motifs is 2. The fraction of sp³-hybridized carbons (Fsp3) is 0.259. The molecule has 5 rings (SSSR count). The minimum Gasteiger partial charge on any atom is -0.497 e. The van der Waals surface area contributed by atoms with Gasteiger partial charge in [0.2, 0.25) is 0 Å². The highest BCUT2D eigenvalue weighted by Gasteiger charge is 2.28. The Hall–Kier alpha value is -3.80. The topological polar surface area (TPSA) is 54.4 Å². The van der Waals surface area contributed by atoms with E-state index in [9.17, 15) is 4.79 Å². The second-order valence-corrected chi connectivity index (χ2v) is 8.52. The number of hydrogen-bond donors (Lipinski definition) is 0. The number of piperazine rings is 1. The molecule has 6 heteroatoms. The molecule has 6 nitrogen and oxygen atoms in total. The summed E-state index contributed by atoms with van der Waals surface area (Å²) in [5.74, 6) is 3.18. The van der Waals surface area contributed by atoms with Crippen LogP contribution in [0.25, 0.3) is 0 Å². The van der Waals surface area contributed by atoms with E-state index in [-0.39, 0.29) is 5.91 Å². The summed E-state index contributed by atoms with van der Waals surface area (Å²) >= 11 is 0. The van der Waals surface area contributed by atoms with Crippen molar-refractivity contribution < 1.29 is 14.3 Å². The van der Waals surface area contributed by atoms with E-state index < -0.39 is 0 Å². The van der Waals surface area contributed by atoms with Crippen molar-refractivity contribution in [3.63, 3.8) is 0 Å². The van der Waals surface area contributed by atoms with Crippen LogP contribution in [0.4, 0.5) is 5.69 Å². The molecule has 0 N–H and O–H groups in total. The van der Waals surface area contributed by atoms with E-state index in [4.69, 9.17) is 14.5 Å². The summed E-state index contributed by atoms with van der Waals surface area (Å²) in [5, 5.41) is 0. The first kappa shape index (κ1) is 21.1. The molecule has 33 heavy (non-hydrogen) atoms. The predicted octanol–water partition coefficient (Wildman–Crippen LogP) is 4.95. The van der Waals surface area contributed by atoms with Crippen LogP contribution in [0.1, 0.15) is 27.0 Å². The zero-order valence-corrected chi connectivity index (χ0v) is 19.2. The van der Waals surface area contributed by atoms with E-state index in [1.165, 1.54) is 0 Å². The maximum Gasteiger partial charge on any atom is 0.254 e. The third-order valence-electron chi connectivity index (χ3n) is 6.12. The zero-order chi connectivity index (χ0) is 22.9. The molecule has 0 bridgehead atoms. The van der Waals surface area contributed by atoms with Crippen LogP contribution in [-0.4, -0.2) is 54.8 Å². The number of aliphatic imine (C=N–C) groups is 1. The molecule has 0 saturated carbocycles. The molecule has 2 aliphatic rings. The summed E-state index contributed by atoms with van der Waals surface area (Å²) in [5.41, 5.74) is 4.73. The summed E-state index contributed by atoms with van der Waals surface area (Å²) in [7, 11) is 1.61. The highest BCUT2D eigenvalue weighted by molar-refractivity contribution is 6.04. The van der Waals surface area contributed by atoms with Crippen LogP contribution in [0.5, 0.6) is 17.2 Å². The van der Waals surface area contributed by atoms with Crippen molar-refractivity contribution in [1.29, 1.82) is 0 Å². The fourth-order valence-corrected chi connectivity index (χ4v) is 4.30. The number of rotatable bonds is 2. The van der Waals surface area contributed by atoms with Crippen molar-refractivity contribution in [3.05, 3.63) is 82.9 Å². The smallest absolute Gasteiger partial charge is 0.254 e. The van der Waals surface area contributed by atoms with Gasteiger partial charge in [0.25, 0.3) is 5.91 Å². The van der Waals surface area contributed by atoms with Crippen molar-refractivity contribution >= 4 is 17.4 Å². The lowest BCUT2D eigenvalue weighted by molar-refractivity contribution is 0.0692. The number of carbonyl (C=O) groups is 1. The molecule has 0 spiro atoms. The molecule has 2 heterocycles. The molecule has 3 aromatic carbocycles. The van der Waals surface area contributed by atoms with Crippen molar-refractivity contribution in [1.82, 2.24) is 9.80 Å². The Morgan fingerprint density at radius 2 is 1.67 bits per heavy atom. The van der Waals surface area contributed by atoms with Gasteiger partial charge < -0.3 is 19.3 Å². The molecule has 0 atom stereocenters. The average Bonchev–Trinajstić information content (AvgIpc) is 3.00. The quantitative estimate of drug-likeness (QED) is 0.564. The Morgan fingerprint density at radius 3 is 2.45 bits per heavy atom. The standard InChI is InChI=1S/C27H27N3O3/c1-18-8-10-24-22(15-18)26(28-23-9-7-19(2)16-25(23)33-24)29-11-13-30(14-12-29)27(31)20-5-4-6-21(17-20)32-3/h4-10,15-17H,11-14H2,1-3H3. The van der Waals surface area contributed by atoms with Gasteiger partial charge in [-0.15, -0.1) is 0 Å². The number of ether oxygens (including phenoxy) is 2. The van der Waals surface area contributed by atoms with Crippen molar-refractivity contribution in [3.8, 4) is 17.2 Å². The third kappa shape index (κ3) is 4.16. The molecule has 1 saturated heterocycles. The van der Waals surface area contributed by atoms with Gasteiger partial charge in [0.15, 0.2) is 5.75 Å². The Bertz CT molecular complexity index is 1240. The van der Waals surface area contributed by atoms with Gasteiger partial charge in [-0.2, -0.15) is 0 Å². The minimum atomic E-state index is 0.0248. The van der Waals surface area contributed by atoms with Crippen LogP contribution in [-0.2, 0) is 0 Å². The maximum absolute atomic E-state index is 13.0. The lowest BCUT2D eigenvalue weighted by Crippen LogP contribution is -2.50. The van der Waals surface area contributed by atoms with Gasteiger partial charge in [0.05, 0.1) is 12.7 Å². The summed E-state index contributed by atoms with van der Waals surface area (Å²) in [6, 6.07) is 19.6. The summed E-state index contributed by atoms with van der Waals surface area (Å²) in [6.07, 6.45) is 0. The minimum absolute atomic E-state index is 0.0248. The van der Waals surface area contributed by atoms with Crippen LogP contribution < -0.4 is 9.47 Å². The van der Waals surface area contributed by atoms with Crippen molar-refractivity contribution in [2.75, 3.05) is 33.3 Å². The lowest BCUT2D eigenvalue weighted by Gasteiger charge is -2.36. The number of amides is 1. The molecule has 0 aliphatic carbocycles. The fourth-order valence-electron chi connectivity index (χ4n) is 4.30. The molecule has 1 amide bonds. The van der Waals surface area contributed by atoms with Crippen LogP contribution in [0.2, 0.25) is 0 Å². The number of aryl methyl sites for hydroxylation is 2. The van der Waals surface area contributed by atoms with Gasteiger partial charge in [0, 0.05) is 31.7 Å². The predicted molar refractivity (Wildman–Crippen MR) is 129 cm³/mol. The van der Waals surface area contributed by atoms with E-state index in [1.54, 1.807) is 13.2 Å². The number of amidine groups is 1. The Kier molecular flexibility index (Phi) is 5.50. The summed E-state index contributed by atoms with van der Waals surface area (Å²) in [6.45, 7) is 6.76. The number of carbonyl (C=O) groups excluding carboxylic acids is 1. The first-order valence-electron chi connectivity index (χ1n) is 11.2. The second-order valence-electron chi connectivity index (χ2n) is 8.52. The van der Waals surface area contributed by atoms with Crippen LogP contribution in [0, 0.1) is 13.8 Å². The van der Waals surface area contributed by atoms with E-state index in [0.717, 1.165) is 39.7 Å². The normalized spacial score (nSPS) is 15.1. The first-order valence-corrected chi connectivity index (χ1v) is 11.2. The van der Waals surface area contributed by atoms with Crippen molar-refractivity contribution in [2.24, 2.45) is 4.99 Å². The van der Waals surface area contributed by atoms with E-state index in [0.29, 0.717) is 37.5 Å². The lowest BCUT2D eigenvalue weighted by atomic mass is 10.1. The van der Waals surface area contributed by atoms with E-state index in [2.05, 4.69) is 30.0 Å². The van der Waals surface area contributed by atoms with Gasteiger partial charge >= 0.3 is 0 Å². The molecule has 1 fully saturated rings. The first-order chi connectivity index (χ1) is 16.0. The molecular weight excluding hydrogens is 414 g/mol. The van der Waals surface area contributed by atoms with Gasteiger partial charge in [0.1, 0.15) is 23.0 Å². The summed E-state index contributed by atoms with van der Waals surface area (Å²) < 4.78 is 11.6. The molecular formula is C27H27N3O3. The second kappa shape index (κ2) is 8.62. The van der Waals surface area contributed by atoms with Gasteiger partial charge in [-0.25, -0.2) is 4.99 Å². The number of methoxy groups -OCH3 is 1. The number of hydrogen-bond acceptors (Lipinski definition) is 5. The molecule has 0 aromatic heterocycles. The number of benzene rings is 3. The Morgan fingerprint density at radius 1 is 0.909 bits per heavy atom. The Labute approximate surface area is 194 Å². The van der Waals surface area contributed by atoms with E-state index >= 15 is 0 Å². The van der Waals surface area contributed by atoms with Gasteiger partial charge in [-0.3, -0.25) is 4.79 Å². The van der Waals surface area contributed by atoms with Crippen LogP contribution in [0.3, 0.4) is 0 Å². The zero-order valence-electron chi connectivity index (χ0n) is 19.2. The van der Waals surface area contributed by atoms with Gasteiger partial charge in [-0.05, 0) is 61.9 Å². The highest BCUT2D eigenvalue weighted by atomic mass is 16.5. The monoisotopic (exact) mass is 441 g/mol. The van der Waals surface area contributed by atoms with E-state index in [1.807, 2.05) is 48.2 Å². The van der Waals surface area contributed by atoms with Gasteiger partial charge in [-0.1, -0.05) is 23.8 Å². The Balaban J connectivity index is 1.42. The van der Waals surface area contributed by atoms with Crippen LogP contribution >= 0.6 is 0 Å². The summed E-state index contributed by atoms with van der Waals surface area (Å²) in [4.78, 5) is 22.2. The average molecular weight is 442 g/mol. The maximum atomic E-state index is 13.0. The largest absolute Gasteiger partial charge is 0.497 e. The number of nitrogens with zero attached hydrogens (tertiary/aromatic N) is 3.